The second-order valence-electron chi connectivity index (χ2n) is 5.16. The molecule has 3 rings (SSSR count). The molecule has 0 fully saturated rings. The van der Waals surface area contributed by atoms with E-state index in [0.717, 1.165) is 4.47 Å². The third-order valence-corrected chi connectivity index (χ3v) is 3.93. The van der Waals surface area contributed by atoms with Gasteiger partial charge in [-0.15, -0.1) is 0 Å². The van der Waals surface area contributed by atoms with E-state index in [9.17, 15) is 14.4 Å². The monoisotopic (exact) mass is 388 g/mol. The number of H-pyrrole nitrogens is 1. The summed E-state index contributed by atoms with van der Waals surface area (Å²) in [4.78, 5) is 38.7. The largest absolute Gasteiger partial charge is 0.345 e. The first-order chi connectivity index (χ1) is 11.5. The molecule has 24 heavy (non-hydrogen) atoms. The van der Waals surface area contributed by atoms with Crippen LogP contribution in [0.4, 0.5) is 0 Å². The van der Waals surface area contributed by atoms with Crippen LogP contribution in [0.25, 0.3) is 10.8 Å². The Kier molecular flexibility index (Phi) is 4.22. The van der Waals surface area contributed by atoms with Crippen LogP contribution in [0.1, 0.15) is 21.0 Å². The van der Waals surface area contributed by atoms with Gasteiger partial charge in [-0.2, -0.15) is 0 Å². The normalized spacial score (nSPS) is 10.6. The minimum absolute atomic E-state index is 0.0621. The second kappa shape index (κ2) is 6.32. The van der Waals surface area contributed by atoms with Gasteiger partial charge in [-0.1, -0.05) is 18.2 Å². The lowest BCUT2D eigenvalue weighted by molar-refractivity contribution is 0.0839. The van der Waals surface area contributed by atoms with Gasteiger partial charge in [0.05, 0.1) is 0 Å². The molecule has 0 spiro atoms. The van der Waals surface area contributed by atoms with Crippen molar-refractivity contribution in [2.75, 3.05) is 0 Å². The van der Waals surface area contributed by atoms with Crippen molar-refractivity contribution >= 4 is 38.5 Å². The Morgan fingerprint density at radius 2 is 1.83 bits per heavy atom. The van der Waals surface area contributed by atoms with E-state index in [1.165, 1.54) is 0 Å². The molecular formula is C16H13BrN4O3. The molecular weight excluding hydrogens is 376 g/mol. The van der Waals surface area contributed by atoms with Crippen LogP contribution in [0.15, 0.2) is 51.9 Å². The van der Waals surface area contributed by atoms with Crippen molar-refractivity contribution in [2.45, 2.75) is 0 Å². The van der Waals surface area contributed by atoms with Gasteiger partial charge in [-0.05, 0) is 39.5 Å². The number of pyridine rings is 1. The van der Waals surface area contributed by atoms with E-state index in [-0.39, 0.29) is 11.3 Å². The SMILES string of the molecule is Cn1cc(Br)cc1C(=O)NNC(=O)c1cc2ccccc2c(=O)[nH]1. The minimum atomic E-state index is -0.612. The number of carbonyl (C=O) groups is 2. The molecule has 0 saturated heterocycles. The fraction of sp³-hybridized carbons (Fsp3) is 0.0625. The zero-order valence-electron chi connectivity index (χ0n) is 12.6. The molecule has 0 bridgehead atoms. The number of nitrogens with one attached hydrogen (secondary N) is 3. The first-order valence-corrected chi connectivity index (χ1v) is 7.79. The standard InChI is InChI=1S/C16H13BrN4O3/c1-21-8-10(17)7-13(21)16(24)20-19-15(23)12-6-9-4-2-3-5-11(9)14(22)18-12/h2-8H,1H3,(H,18,22)(H,19,23)(H,20,24). The van der Waals surface area contributed by atoms with Gasteiger partial charge in [0.25, 0.3) is 17.4 Å². The lowest BCUT2D eigenvalue weighted by Crippen LogP contribution is -2.42. The summed E-state index contributed by atoms with van der Waals surface area (Å²) in [5.74, 6) is -1.08. The molecule has 0 radical (unpaired) electrons. The van der Waals surface area contributed by atoms with Gasteiger partial charge in [0, 0.05) is 23.1 Å². The van der Waals surface area contributed by atoms with Crippen LogP contribution in [0.5, 0.6) is 0 Å². The number of hydrogen-bond donors (Lipinski definition) is 3. The van der Waals surface area contributed by atoms with Crippen LogP contribution >= 0.6 is 15.9 Å². The molecule has 3 N–H and O–H groups in total. The number of hydrazine groups is 1. The summed E-state index contributed by atoms with van der Waals surface area (Å²) >= 11 is 3.27. The number of aromatic nitrogens is 2. The molecule has 122 valence electrons. The van der Waals surface area contributed by atoms with E-state index in [0.29, 0.717) is 16.5 Å². The molecule has 0 aliphatic carbocycles. The molecule has 8 heteroatoms. The average Bonchev–Trinajstić information content (AvgIpc) is 2.90. The Balaban J connectivity index is 1.77. The molecule has 0 aliphatic heterocycles. The lowest BCUT2D eigenvalue weighted by atomic mass is 10.1. The van der Waals surface area contributed by atoms with Gasteiger partial charge >= 0.3 is 0 Å². The fourth-order valence-electron chi connectivity index (χ4n) is 2.33. The maximum absolute atomic E-state index is 12.2. The maximum Gasteiger partial charge on any atom is 0.286 e. The van der Waals surface area contributed by atoms with Crippen molar-refractivity contribution in [3.05, 3.63) is 68.8 Å². The molecule has 2 heterocycles. The van der Waals surface area contributed by atoms with Gasteiger partial charge in [-0.3, -0.25) is 25.2 Å². The zero-order chi connectivity index (χ0) is 17.3. The third-order valence-electron chi connectivity index (χ3n) is 3.49. The molecule has 0 saturated carbocycles. The summed E-state index contributed by atoms with van der Waals surface area (Å²) in [6.07, 6.45) is 1.72. The highest BCUT2D eigenvalue weighted by Gasteiger charge is 2.14. The average molecular weight is 389 g/mol. The quantitative estimate of drug-likeness (QED) is 0.583. The minimum Gasteiger partial charge on any atom is -0.345 e. The predicted molar refractivity (Wildman–Crippen MR) is 92.6 cm³/mol. The number of rotatable bonds is 2. The number of halogens is 1. The van der Waals surface area contributed by atoms with Crippen LogP contribution < -0.4 is 16.4 Å². The Bertz CT molecular complexity index is 1010. The number of nitrogens with zero attached hydrogens (tertiary/aromatic N) is 1. The highest BCUT2D eigenvalue weighted by Crippen LogP contribution is 2.13. The van der Waals surface area contributed by atoms with Crippen LogP contribution in [-0.4, -0.2) is 21.4 Å². The number of aromatic amines is 1. The fourth-order valence-corrected chi connectivity index (χ4v) is 2.85. The Morgan fingerprint density at radius 1 is 1.12 bits per heavy atom. The van der Waals surface area contributed by atoms with Gasteiger partial charge < -0.3 is 9.55 Å². The van der Waals surface area contributed by atoms with Crippen molar-refractivity contribution in [3.63, 3.8) is 0 Å². The van der Waals surface area contributed by atoms with E-state index in [1.54, 1.807) is 54.2 Å². The Morgan fingerprint density at radius 3 is 2.54 bits per heavy atom. The van der Waals surface area contributed by atoms with E-state index >= 15 is 0 Å². The van der Waals surface area contributed by atoms with E-state index in [2.05, 4.69) is 31.8 Å². The third kappa shape index (κ3) is 3.09. The van der Waals surface area contributed by atoms with Crippen molar-refractivity contribution in [2.24, 2.45) is 7.05 Å². The summed E-state index contributed by atoms with van der Waals surface area (Å²) < 4.78 is 2.36. The van der Waals surface area contributed by atoms with E-state index in [4.69, 9.17) is 0 Å². The molecule has 2 amide bonds. The number of carbonyl (C=O) groups excluding carboxylic acids is 2. The van der Waals surface area contributed by atoms with Crippen molar-refractivity contribution < 1.29 is 9.59 Å². The van der Waals surface area contributed by atoms with Gasteiger partial charge in [0.15, 0.2) is 0 Å². The van der Waals surface area contributed by atoms with Crippen molar-refractivity contribution in [1.29, 1.82) is 0 Å². The first-order valence-electron chi connectivity index (χ1n) is 7.00. The van der Waals surface area contributed by atoms with Crippen LogP contribution in [-0.2, 0) is 7.05 Å². The van der Waals surface area contributed by atoms with E-state index in [1.807, 2.05) is 0 Å². The smallest absolute Gasteiger partial charge is 0.286 e. The molecule has 0 aliphatic rings. The Labute approximate surface area is 144 Å². The second-order valence-corrected chi connectivity index (χ2v) is 6.08. The number of hydrogen-bond acceptors (Lipinski definition) is 3. The topological polar surface area (TPSA) is 96.0 Å². The maximum atomic E-state index is 12.2. The summed E-state index contributed by atoms with van der Waals surface area (Å²) in [5.41, 5.74) is 4.67. The highest BCUT2D eigenvalue weighted by atomic mass is 79.9. The van der Waals surface area contributed by atoms with Crippen LogP contribution in [0.2, 0.25) is 0 Å². The number of fused-ring (bicyclic) bond motifs is 1. The summed E-state index contributed by atoms with van der Waals surface area (Å²) in [6.45, 7) is 0. The lowest BCUT2D eigenvalue weighted by Gasteiger charge is -2.08. The van der Waals surface area contributed by atoms with Crippen LogP contribution in [0.3, 0.4) is 0 Å². The number of aryl methyl sites for hydroxylation is 1. The van der Waals surface area contributed by atoms with Crippen molar-refractivity contribution in [3.8, 4) is 0 Å². The molecule has 3 aromatic rings. The van der Waals surface area contributed by atoms with Gasteiger partial charge in [0.2, 0.25) is 0 Å². The zero-order valence-corrected chi connectivity index (χ0v) is 14.2. The molecule has 2 aromatic heterocycles. The molecule has 7 nitrogen and oxygen atoms in total. The van der Waals surface area contributed by atoms with Gasteiger partial charge in [-0.25, -0.2) is 0 Å². The van der Waals surface area contributed by atoms with E-state index < -0.39 is 11.8 Å². The summed E-state index contributed by atoms with van der Waals surface area (Å²) in [5, 5.41) is 1.14. The first kappa shape index (κ1) is 16.0. The molecule has 0 unspecified atom stereocenters. The number of amides is 2. The molecule has 1 aromatic carbocycles. The molecule has 0 atom stereocenters. The highest BCUT2D eigenvalue weighted by molar-refractivity contribution is 9.10. The summed E-state index contributed by atoms with van der Waals surface area (Å²) in [7, 11) is 1.71. The number of benzene rings is 1. The van der Waals surface area contributed by atoms with Crippen molar-refractivity contribution in [1.82, 2.24) is 20.4 Å². The summed E-state index contributed by atoms with van der Waals surface area (Å²) in [6, 6.07) is 10.1. The Hall–Kier alpha value is -2.87. The predicted octanol–water partition coefficient (Wildman–Crippen LogP) is 1.70. The van der Waals surface area contributed by atoms with Crippen LogP contribution in [0, 0.1) is 0 Å². The van der Waals surface area contributed by atoms with Gasteiger partial charge in [0.1, 0.15) is 11.4 Å².